The maximum atomic E-state index is 14.7. The Balaban J connectivity index is 1.01. The second kappa shape index (κ2) is 24.6. The first-order valence-electron chi connectivity index (χ1n) is 23.8. The Morgan fingerprint density at radius 1 is 0.693 bits per heavy atom. The van der Waals surface area contributed by atoms with Gasteiger partial charge in [0.05, 0.1) is 40.9 Å². The van der Waals surface area contributed by atoms with E-state index in [4.69, 9.17) is 46.7 Å². The summed E-state index contributed by atoms with van der Waals surface area (Å²) in [6.07, 6.45) is -1.37. The van der Waals surface area contributed by atoms with Gasteiger partial charge in [-0.2, -0.15) is 0 Å². The highest BCUT2D eigenvalue weighted by molar-refractivity contribution is 7.46. The average Bonchev–Trinajstić information content (AvgIpc) is 4.16. The number of rotatable bonds is 21. The Labute approximate surface area is 446 Å². The van der Waals surface area contributed by atoms with E-state index in [0.717, 1.165) is 27.8 Å². The van der Waals surface area contributed by atoms with Crippen LogP contribution in [0.5, 0.6) is 11.5 Å². The van der Waals surface area contributed by atoms with Gasteiger partial charge < -0.3 is 53.7 Å². The molecule has 396 valence electrons. The number of carbonyl (C=O) groups excluding carboxylic acids is 5. The van der Waals surface area contributed by atoms with E-state index in [1.807, 2.05) is 24.3 Å². The van der Waals surface area contributed by atoms with Crippen molar-refractivity contribution in [3.63, 3.8) is 0 Å². The van der Waals surface area contributed by atoms with Gasteiger partial charge >= 0.3 is 20.0 Å². The quantitative estimate of drug-likeness (QED) is 0.0393. The summed E-state index contributed by atoms with van der Waals surface area (Å²) in [5, 5.41) is 7.98. The molecule has 6 aromatic rings. The molecule has 0 radical (unpaired) electrons. The van der Waals surface area contributed by atoms with E-state index >= 15 is 0 Å². The highest BCUT2D eigenvalue weighted by Gasteiger charge is 2.39. The van der Waals surface area contributed by atoms with Crippen LogP contribution in [-0.4, -0.2) is 142 Å². The van der Waals surface area contributed by atoms with Crippen LogP contribution in [0.1, 0.15) is 47.9 Å². The fourth-order valence-corrected chi connectivity index (χ4v) is 11.1. The minimum atomic E-state index is -4.99. The van der Waals surface area contributed by atoms with Crippen molar-refractivity contribution in [1.82, 2.24) is 15.1 Å². The molecule has 0 fully saturated rings. The molecule has 5 aromatic carbocycles. The fraction of sp³-hybridized carbons (Fsp3) is 0.327. The van der Waals surface area contributed by atoms with Crippen molar-refractivity contribution in [2.75, 3.05) is 107 Å². The molecule has 1 aromatic heterocycles. The number of halogens is 2. The van der Waals surface area contributed by atoms with Gasteiger partial charge in [0.25, 0.3) is 11.8 Å². The number of fused-ring (bicyclic) bond motifs is 6. The molecule has 2 aliphatic heterocycles. The second-order valence-corrected chi connectivity index (χ2v) is 20.5. The van der Waals surface area contributed by atoms with Gasteiger partial charge in [-0.25, -0.2) is 14.2 Å². The number of phosphoric acid groups is 1. The van der Waals surface area contributed by atoms with Crippen molar-refractivity contribution >= 4 is 111 Å². The Bertz CT molecular complexity index is 3140. The summed E-state index contributed by atoms with van der Waals surface area (Å²) in [5.41, 5.74) is 3.67. The normalized spacial score (nSPS) is 14.9. The van der Waals surface area contributed by atoms with E-state index in [-0.39, 0.29) is 116 Å². The number of anilines is 3. The number of amides is 5. The van der Waals surface area contributed by atoms with Crippen LogP contribution in [0.25, 0.3) is 21.5 Å². The lowest BCUT2D eigenvalue weighted by Crippen LogP contribution is -2.44. The van der Waals surface area contributed by atoms with E-state index in [0.29, 0.717) is 38.8 Å². The number of hydrogen-bond acceptors (Lipinski definition) is 13. The maximum Gasteiger partial charge on any atom is 0.524 e. The molecule has 0 aliphatic carbocycles. The van der Waals surface area contributed by atoms with Gasteiger partial charge in [0.15, 0.2) is 0 Å². The lowest BCUT2D eigenvalue weighted by molar-refractivity contribution is -0.115. The summed E-state index contributed by atoms with van der Waals surface area (Å²) in [7, 11) is -0.301. The number of alkyl halides is 2. The zero-order valence-electron chi connectivity index (χ0n) is 41.2. The molecule has 5 amide bonds. The fourth-order valence-electron chi connectivity index (χ4n) is 9.26. The van der Waals surface area contributed by atoms with Gasteiger partial charge in [0, 0.05) is 106 Å². The number of benzene rings is 5. The number of carbonyl (C=O) groups is 5. The highest BCUT2D eigenvalue weighted by Crippen LogP contribution is 2.50. The van der Waals surface area contributed by atoms with Gasteiger partial charge in [-0.3, -0.25) is 24.2 Å². The minimum Gasteiger partial charge on any atom is -0.445 e. The Morgan fingerprint density at radius 3 is 1.68 bits per heavy atom. The number of nitrogens with zero attached hydrogens (tertiary/aromatic N) is 4. The summed E-state index contributed by atoms with van der Waals surface area (Å²) >= 11 is 14.1. The molecule has 0 bridgehead atoms. The third kappa shape index (κ3) is 12.5. The topological polar surface area (TPSA) is 226 Å². The van der Waals surface area contributed by atoms with E-state index in [1.165, 1.54) is 35.0 Å². The standard InChI is InChI=1S/C52H55Cl2N6O13PS/c1-55-28-46(61)56-35-14-12-32(13-15-35)31-71-51(64)57(20-22-69-2)18-19-58(21-23-70-3)52(65)72-42-24-40-47(38-10-6-4-8-36(38)42)33(26-53)29-59(40)49(62)44-16-17-45(75-44)50(63)60-30-34(27-54)48-39-11-7-5-9-37(39)43(25-41(48)60)73-74(66,67)68/h4-17,24-25,33-34,55H,18-23,26-31H2,1-3H3,(H,56,61)(H2,66,67,68)/t33-,34?/m1/s1. The van der Waals surface area contributed by atoms with Crippen molar-refractivity contribution < 1.29 is 61.8 Å². The molecule has 3 heterocycles. The molecule has 0 saturated carbocycles. The smallest absolute Gasteiger partial charge is 0.445 e. The molecule has 4 N–H and O–H groups in total. The second-order valence-electron chi connectivity index (χ2n) is 17.6. The molecule has 2 atom stereocenters. The largest absolute Gasteiger partial charge is 0.524 e. The Kier molecular flexibility index (Phi) is 18.0. The Hall–Kier alpha value is -6.32. The highest BCUT2D eigenvalue weighted by atomic mass is 35.5. The summed E-state index contributed by atoms with van der Waals surface area (Å²) < 4.78 is 39.6. The number of thiophene rings is 1. The first-order chi connectivity index (χ1) is 36.2. The number of nitrogens with one attached hydrogen (secondary N) is 2. The zero-order valence-corrected chi connectivity index (χ0v) is 44.4. The number of likely N-dealkylation sites (N-methyl/N-ethyl adjacent to an activating group) is 1. The molecule has 19 nitrogen and oxygen atoms in total. The van der Waals surface area contributed by atoms with Crippen molar-refractivity contribution in [3.05, 3.63) is 124 Å². The van der Waals surface area contributed by atoms with Gasteiger partial charge in [0.1, 0.15) is 18.1 Å². The zero-order chi connectivity index (χ0) is 53.4. The molecule has 23 heteroatoms. The van der Waals surface area contributed by atoms with Crippen LogP contribution >= 0.6 is 42.4 Å². The molecule has 8 rings (SSSR count). The third-order valence-electron chi connectivity index (χ3n) is 12.8. The van der Waals surface area contributed by atoms with Gasteiger partial charge in [-0.05, 0) is 58.8 Å². The maximum absolute atomic E-state index is 14.7. The van der Waals surface area contributed by atoms with Crippen LogP contribution in [0, 0.1) is 0 Å². The first-order valence-corrected chi connectivity index (χ1v) is 27.2. The van der Waals surface area contributed by atoms with E-state index in [1.54, 1.807) is 78.7 Å². The van der Waals surface area contributed by atoms with Crippen LogP contribution in [-0.2, 0) is 30.2 Å². The molecule has 0 saturated heterocycles. The van der Waals surface area contributed by atoms with Crippen LogP contribution in [0.2, 0.25) is 0 Å². The van der Waals surface area contributed by atoms with Gasteiger partial charge in [0.2, 0.25) is 5.91 Å². The predicted molar refractivity (Wildman–Crippen MR) is 287 cm³/mol. The van der Waals surface area contributed by atoms with Crippen LogP contribution in [0.4, 0.5) is 26.7 Å². The molecule has 0 spiro atoms. The van der Waals surface area contributed by atoms with Crippen molar-refractivity contribution in [1.29, 1.82) is 0 Å². The summed E-state index contributed by atoms with van der Waals surface area (Å²) in [6.45, 7) is 1.17. The molecular formula is C52H55Cl2N6O13PS. The minimum absolute atomic E-state index is 0.0255. The van der Waals surface area contributed by atoms with E-state index in [2.05, 4.69) is 10.6 Å². The number of ether oxygens (including phenoxy) is 4. The SMILES string of the molecule is CNCC(=O)Nc1ccc(COC(=O)N(CCOC)CCN(CCOC)C(=O)Oc2cc3c(c4ccccc24)[C@H](CCl)CN3C(=O)c2ccc(C(=O)N3CC(CCl)c4c3cc(OP(=O)(O)O)c3ccccc43)s2)cc1. The van der Waals surface area contributed by atoms with Crippen molar-refractivity contribution in [3.8, 4) is 11.5 Å². The van der Waals surface area contributed by atoms with Gasteiger partial charge in [-0.1, -0.05) is 60.7 Å². The Morgan fingerprint density at radius 2 is 1.19 bits per heavy atom. The summed E-state index contributed by atoms with van der Waals surface area (Å²) in [6, 6.07) is 27.4. The van der Waals surface area contributed by atoms with Crippen molar-refractivity contribution in [2.24, 2.45) is 0 Å². The first kappa shape index (κ1) is 54.9. The lowest BCUT2D eigenvalue weighted by Gasteiger charge is -2.27. The molecule has 2 aliphatic rings. The molecule has 1 unspecified atom stereocenters. The predicted octanol–water partition coefficient (Wildman–Crippen LogP) is 8.38. The van der Waals surface area contributed by atoms with Gasteiger partial charge in [-0.15, -0.1) is 34.5 Å². The number of hydrogen-bond donors (Lipinski definition) is 4. The van der Waals surface area contributed by atoms with Crippen molar-refractivity contribution in [2.45, 2.75) is 18.4 Å². The summed E-state index contributed by atoms with van der Waals surface area (Å²) in [4.78, 5) is 94.7. The molecular weight excluding hydrogens is 1050 g/mol. The van der Waals surface area contributed by atoms with E-state index < -0.39 is 31.8 Å². The third-order valence-corrected chi connectivity index (χ3v) is 15.0. The van der Waals surface area contributed by atoms with Crippen LogP contribution in [0.3, 0.4) is 0 Å². The number of methoxy groups -OCH3 is 2. The average molecular weight is 1110 g/mol. The monoisotopic (exact) mass is 1100 g/mol. The number of phosphoric ester groups is 1. The van der Waals surface area contributed by atoms with Crippen LogP contribution < -0.4 is 29.7 Å². The van der Waals surface area contributed by atoms with E-state index in [9.17, 15) is 38.3 Å². The summed E-state index contributed by atoms with van der Waals surface area (Å²) in [5.74, 6) is -1.27. The molecule has 75 heavy (non-hydrogen) atoms. The van der Waals surface area contributed by atoms with Crippen LogP contribution in [0.15, 0.2) is 97.1 Å². The lowest BCUT2D eigenvalue weighted by atomic mass is 9.95.